The van der Waals surface area contributed by atoms with Crippen LogP contribution in [0.5, 0.6) is 0 Å². The van der Waals surface area contributed by atoms with Crippen molar-refractivity contribution in [3.05, 3.63) is 35.6 Å². The topological polar surface area (TPSA) is 58.2 Å². The lowest BCUT2D eigenvalue weighted by molar-refractivity contribution is -0.129. The van der Waals surface area contributed by atoms with E-state index in [4.69, 9.17) is 0 Å². The Hall–Kier alpha value is -1.91. The van der Waals surface area contributed by atoms with Crippen LogP contribution >= 0.6 is 0 Å². The van der Waals surface area contributed by atoms with Crippen LogP contribution in [0.1, 0.15) is 25.8 Å². The molecule has 0 bridgehead atoms. The molecular weight excluding hydrogens is 247 g/mol. The van der Waals surface area contributed by atoms with Crippen LogP contribution in [-0.4, -0.2) is 18.4 Å². The largest absolute Gasteiger partial charge is 0.355 e. The molecule has 1 aromatic rings. The summed E-state index contributed by atoms with van der Waals surface area (Å²) >= 11 is 0. The molecule has 2 N–H and O–H groups in total. The number of hydrogen-bond acceptors (Lipinski definition) is 2. The lowest BCUT2D eigenvalue weighted by atomic mass is 10.2. The quantitative estimate of drug-likeness (QED) is 0.768. The maximum atomic E-state index is 13.3. The summed E-state index contributed by atoms with van der Waals surface area (Å²) in [5, 5.41) is 5.17. The highest BCUT2D eigenvalue weighted by Gasteiger charge is 2.10. The van der Waals surface area contributed by atoms with Crippen LogP contribution in [0.3, 0.4) is 0 Å². The van der Waals surface area contributed by atoms with Crippen molar-refractivity contribution in [2.24, 2.45) is 5.92 Å². The summed E-state index contributed by atoms with van der Waals surface area (Å²) in [5.41, 5.74) is 0.401. The van der Waals surface area contributed by atoms with Gasteiger partial charge in [0, 0.05) is 18.7 Å². The van der Waals surface area contributed by atoms with Crippen LogP contribution in [0.15, 0.2) is 24.3 Å². The Kier molecular flexibility index (Phi) is 5.99. The molecule has 0 radical (unpaired) electrons. The van der Waals surface area contributed by atoms with E-state index in [1.165, 1.54) is 6.07 Å². The fraction of sp³-hybridized carbons (Fsp3) is 0.429. The first-order valence-corrected chi connectivity index (χ1v) is 6.26. The highest BCUT2D eigenvalue weighted by atomic mass is 19.1. The van der Waals surface area contributed by atoms with Gasteiger partial charge in [-0.25, -0.2) is 4.39 Å². The lowest BCUT2D eigenvalue weighted by Gasteiger charge is -2.08. The van der Waals surface area contributed by atoms with E-state index in [1.807, 2.05) is 13.8 Å². The van der Waals surface area contributed by atoms with Gasteiger partial charge in [0.25, 0.3) is 0 Å². The number of rotatable bonds is 6. The molecule has 0 spiro atoms. The molecule has 0 aliphatic heterocycles. The second-order valence-electron chi connectivity index (χ2n) is 4.74. The molecule has 0 heterocycles. The van der Waals surface area contributed by atoms with Crippen molar-refractivity contribution in [3.8, 4) is 0 Å². The Morgan fingerprint density at radius 2 is 1.79 bits per heavy atom. The monoisotopic (exact) mass is 266 g/mol. The number of carbonyl (C=O) groups is 2. The van der Waals surface area contributed by atoms with Crippen molar-refractivity contribution in [2.45, 2.75) is 26.8 Å². The van der Waals surface area contributed by atoms with E-state index in [0.717, 1.165) is 0 Å². The second kappa shape index (κ2) is 7.51. The molecule has 5 heteroatoms. The molecule has 0 saturated heterocycles. The second-order valence-corrected chi connectivity index (χ2v) is 4.74. The summed E-state index contributed by atoms with van der Waals surface area (Å²) in [6, 6.07) is 6.20. The standard InChI is InChI=1S/C14H19FN2O2/c1-10(2)8-16-13(18)7-14(19)17-9-11-5-3-4-6-12(11)15/h3-6,10H,7-9H2,1-2H3,(H,16,18)(H,17,19). The molecule has 0 saturated carbocycles. The van der Waals surface area contributed by atoms with Gasteiger partial charge in [0.15, 0.2) is 0 Å². The molecular formula is C14H19FN2O2. The van der Waals surface area contributed by atoms with Gasteiger partial charge >= 0.3 is 0 Å². The van der Waals surface area contributed by atoms with E-state index in [0.29, 0.717) is 18.0 Å². The van der Waals surface area contributed by atoms with Gasteiger partial charge in [-0.2, -0.15) is 0 Å². The van der Waals surface area contributed by atoms with Crippen molar-refractivity contribution in [1.29, 1.82) is 0 Å². The predicted octanol–water partition coefficient (Wildman–Crippen LogP) is 1.60. The third-order valence-corrected chi connectivity index (χ3v) is 2.46. The number of carbonyl (C=O) groups excluding carboxylic acids is 2. The van der Waals surface area contributed by atoms with E-state index >= 15 is 0 Å². The first kappa shape index (κ1) is 15.1. The molecule has 2 amide bonds. The van der Waals surface area contributed by atoms with E-state index in [1.54, 1.807) is 18.2 Å². The zero-order chi connectivity index (χ0) is 14.3. The number of amides is 2. The minimum Gasteiger partial charge on any atom is -0.355 e. The van der Waals surface area contributed by atoms with E-state index in [-0.39, 0.29) is 24.7 Å². The Bertz CT molecular complexity index is 447. The van der Waals surface area contributed by atoms with Gasteiger partial charge in [-0.05, 0) is 12.0 Å². The Morgan fingerprint density at radius 1 is 1.16 bits per heavy atom. The predicted molar refractivity (Wildman–Crippen MR) is 70.7 cm³/mol. The third kappa shape index (κ3) is 5.99. The molecule has 4 nitrogen and oxygen atoms in total. The fourth-order valence-electron chi connectivity index (χ4n) is 1.42. The van der Waals surface area contributed by atoms with Gasteiger partial charge in [-0.3, -0.25) is 9.59 Å². The molecule has 0 unspecified atom stereocenters. The molecule has 0 atom stereocenters. The van der Waals surface area contributed by atoms with Crippen LogP contribution in [0, 0.1) is 11.7 Å². The minimum absolute atomic E-state index is 0.0863. The highest BCUT2D eigenvalue weighted by molar-refractivity contribution is 5.96. The molecule has 0 aliphatic rings. The maximum Gasteiger partial charge on any atom is 0.229 e. The third-order valence-electron chi connectivity index (χ3n) is 2.46. The van der Waals surface area contributed by atoms with Crippen LogP contribution in [0.2, 0.25) is 0 Å². The average molecular weight is 266 g/mol. The fourth-order valence-corrected chi connectivity index (χ4v) is 1.42. The highest BCUT2D eigenvalue weighted by Crippen LogP contribution is 2.05. The summed E-state index contributed by atoms with van der Waals surface area (Å²) in [6.45, 7) is 4.57. The van der Waals surface area contributed by atoms with Gasteiger partial charge in [0.1, 0.15) is 12.2 Å². The van der Waals surface area contributed by atoms with Crippen LogP contribution < -0.4 is 10.6 Å². The lowest BCUT2D eigenvalue weighted by Crippen LogP contribution is -2.33. The number of nitrogens with one attached hydrogen (secondary N) is 2. The molecule has 0 aromatic heterocycles. The Balaban J connectivity index is 2.32. The van der Waals surface area contributed by atoms with Crippen LogP contribution in [0.4, 0.5) is 4.39 Å². The Labute approximate surface area is 112 Å². The number of hydrogen-bond donors (Lipinski definition) is 2. The van der Waals surface area contributed by atoms with Crippen molar-refractivity contribution in [3.63, 3.8) is 0 Å². The summed E-state index contributed by atoms with van der Waals surface area (Å²) in [5.74, 6) is -0.762. The number of halogens is 1. The average Bonchev–Trinajstić information content (AvgIpc) is 2.35. The normalized spacial score (nSPS) is 10.3. The Morgan fingerprint density at radius 3 is 2.42 bits per heavy atom. The summed E-state index contributed by atoms with van der Waals surface area (Å²) in [7, 11) is 0. The van der Waals surface area contributed by atoms with Crippen molar-refractivity contribution in [1.82, 2.24) is 10.6 Å². The summed E-state index contributed by atoms with van der Waals surface area (Å²) in [4.78, 5) is 22.9. The summed E-state index contributed by atoms with van der Waals surface area (Å²) in [6.07, 6.45) is -0.235. The zero-order valence-electron chi connectivity index (χ0n) is 11.2. The SMILES string of the molecule is CC(C)CNC(=O)CC(=O)NCc1ccccc1F. The van der Waals surface area contributed by atoms with Gasteiger partial charge < -0.3 is 10.6 Å². The molecule has 104 valence electrons. The van der Waals surface area contributed by atoms with Crippen molar-refractivity contribution >= 4 is 11.8 Å². The van der Waals surface area contributed by atoms with Gasteiger partial charge in [0.05, 0.1) is 0 Å². The van der Waals surface area contributed by atoms with Gasteiger partial charge in [-0.15, -0.1) is 0 Å². The zero-order valence-corrected chi connectivity index (χ0v) is 11.2. The molecule has 0 fully saturated rings. The molecule has 1 rings (SSSR count). The minimum atomic E-state index is -0.412. The molecule has 19 heavy (non-hydrogen) atoms. The van der Waals surface area contributed by atoms with Crippen LogP contribution in [-0.2, 0) is 16.1 Å². The van der Waals surface area contributed by atoms with E-state index in [9.17, 15) is 14.0 Å². The first-order chi connectivity index (χ1) is 8.99. The number of benzene rings is 1. The van der Waals surface area contributed by atoms with Gasteiger partial charge in [-0.1, -0.05) is 32.0 Å². The van der Waals surface area contributed by atoms with Crippen molar-refractivity contribution < 1.29 is 14.0 Å². The van der Waals surface area contributed by atoms with Gasteiger partial charge in [0.2, 0.25) is 11.8 Å². The maximum absolute atomic E-state index is 13.3. The van der Waals surface area contributed by atoms with E-state index in [2.05, 4.69) is 10.6 Å². The van der Waals surface area contributed by atoms with Crippen LogP contribution in [0.25, 0.3) is 0 Å². The molecule has 1 aromatic carbocycles. The first-order valence-electron chi connectivity index (χ1n) is 6.26. The van der Waals surface area contributed by atoms with E-state index < -0.39 is 5.91 Å². The smallest absolute Gasteiger partial charge is 0.229 e. The molecule has 0 aliphatic carbocycles. The van der Waals surface area contributed by atoms with Crippen molar-refractivity contribution in [2.75, 3.05) is 6.54 Å². The summed E-state index contributed by atoms with van der Waals surface area (Å²) < 4.78 is 13.3.